The molecule has 1 aromatic carbocycles. The minimum Gasteiger partial charge on any atom is -0.481 e. The van der Waals surface area contributed by atoms with Crippen molar-refractivity contribution in [2.75, 3.05) is 0 Å². The van der Waals surface area contributed by atoms with E-state index in [1.165, 1.54) is 5.56 Å². The lowest BCUT2D eigenvalue weighted by molar-refractivity contribution is -0.141. The van der Waals surface area contributed by atoms with Gasteiger partial charge < -0.3 is 5.11 Å². The average molecular weight is 192 g/mol. The summed E-state index contributed by atoms with van der Waals surface area (Å²) in [6, 6.07) is 10.2. The molecular formula is C12H16O2. The van der Waals surface area contributed by atoms with Crippen LogP contribution in [-0.4, -0.2) is 11.1 Å². The molecule has 0 heterocycles. The van der Waals surface area contributed by atoms with E-state index in [2.05, 4.69) is 12.1 Å². The second-order valence-electron chi connectivity index (χ2n) is 3.62. The zero-order valence-electron chi connectivity index (χ0n) is 8.44. The molecule has 0 saturated heterocycles. The molecule has 0 aliphatic rings. The zero-order valence-corrected chi connectivity index (χ0v) is 8.44. The Bertz CT molecular complexity index is 280. The molecule has 0 aliphatic carbocycles. The van der Waals surface area contributed by atoms with Crippen LogP contribution in [0.5, 0.6) is 0 Å². The first kappa shape index (κ1) is 10.8. The van der Waals surface area contributed by atoms with Crippen molar-refractivity contribution in [1.82, 2.24) is 0 Å². The first-order valence-electron chi connectivity index (χ1n) is 4.97. The Labute approximate surface area is 84.6 Å². The van der Waals surface area contributed by atoms with Crippen LogP contribution < -0.4 is 0 Å². The standard InChI is InChI=1S/C12H16O2/c1-10(12(13)14)6-5-9-11-7-3-2-4-8-11/h2-4,7-8,10H,5-6,9H2,1H3,(H,13,14)/t10-/m1/s1. The zero-order chi connectivity index (χ0) is 10.4. The third kappa shape index (κ3) is 3.60. The molecule has 0 bridgehead atoms. The maximum Gasteiger partial charge on any atom is 0.306 e. The lowest BCUT2D eigenvalue weighted by atomic mass is 10.0. The number of carboxylic acids is 1. The number of carboxylic acid groups (broad SMARTS) is 1. The predicted octanol–water partition coefficient (Wildman–Crippen LogP) is 2.73. The van der Waals surface area contributed by atoms with Gasteiger partial charge in [0.2, 0.25) is 0 Å². The smallest absolute Gasteiger partial charge is 0.306 e. The summed E-state index contributed by atoms with van der Waals surface area (Å²) in [6.07, 6.45) is 2.67. The molecule has 2 heteroatoms. The predicted molar refractivity (Wildman–Crippen MR) is 56.2 cm³/mol. The molecule has 1 aromatic rings. The topological polar surface area (TPSA) is 37.3 Å². The second-order valence-corrected chi connectivity index (χ2v) is 3.62. The molecular weight excluding hydrogens is 176 g/mol. The van der Waals surface area contributed by atoms with Crippen molar-refractivity contribution in [3.63, 3.8) is 0 Å². The van der Waals surface area contributed by atoms with E-state index >= 15 is 0 Å². The highest BCUT2D eigenvalue weighted by molar-refractivity contribution is 5.69. The molecule has 1 atom stereocenters. The second kappa shape index (κ2) is 5.43. The van der Waals surface area contributed by atoms with Gasteiger partial charge in [-0.1, -0.05) is 37.3 Å². The highest BCUT2D eigenvalue weighted by Gasteiger charge is 2.09. The molecule has 76 valence electrons. The Morgan fingerprint density at radius 1 is 1.36 bits per heavy atom. The summed E-state index contributed by atoms with van der Waals surface area (Å²) < 4.78 is 0. The normalized spacial score (nSPS) is 12.4. The van der Waals surface area contributed by atoms with E-state index in [1.807, 2.05) is 18.2 Å². The van der Waals surface area contributed by atoms with Gasteiger partial charge in [0.25, 0.3) is 0 Å². The molecule has 0 amide bonds. The van der Waals surface area contributed by atoms with Crippen LogP contribution in [0.4, 0.5) is 0 Å². The molecule has 0 radical (unpaired) electrons. The molecule has 0 saturated carbocycles. The van der Waals surface area contributed by atoms with Gasteiger partial charge in [-0.25, -0.2) is 0 Å². The van der Waals surface area contributed by atoms with Crippen molar-refractivity contribution in [2.45, 2.75) is 26.2 Å². The van der Waals surface area contributed by atoms with Crippen LogP contribution in [0.2, 0.25) is 0 Å². The van der Waals surface area contributed by atoms with Crippen LogP contribution in [0.15, 0.2) is 30.3 Å². The number of carbonyl (C=O) groups is 1. The summed E-state index contributed by atoms with van der Waals surface area (Å²) in [5.41, 5.74) is 1.28. The largest absolute Gasteiger partial charge is 0.481 e. The average Bonchev–Trinajstić information content (AvgIpc) is 2.19. The van der Waals surface area contributed by atoms with Crippen LogP contribution >= 0.6 is 0 Å². The van der Waals surface area contributed by atoms with E-state index in [-0.39, 0.29) is 5.92 Å². The van der Waals surface area contributed by atoms with Crippen molar-refractivity contribution in [2.24, 2.45) is 5.92 Å². The lowest BCUT2D eigenvalue weighted by Crippen LogP contribution is -2.09. The van der Waals surface area contributed by atoms with Gasteiger partial charge in [0.05, 0.1) is 5.92 Å². The Hall–Kier alpha value is -1.31. The summed E-state index contributed by atoms with van der Waals surface area (Å²) in [4.78, 5) is 10.5. The van der Waals surface area contributed by atoms with Crippen LogP contribution in [0.25, 0.3) is 0 Å². The number of benzene rings is 1. The van der Waals surface area contributed by atoms with E-state index in [4.69, 9.17) is 5.11 Å². The van der Waals surface area contributed by atoms with Gasteiger partial charge in [-0.15, -0.1) is 0 Å². The van der Waals surface area contributed by atoms with E-state index in [0.29, 0.717) is 0 Å². The first-order chi connectivity index (χ1) is 6.70. The molecule has 0 aromatic heterocycles. The molecule has 1 N–H and O–H groups in total. The molecule has 0 spiro atoms. The summed E-state index contributed by atoms with van der Waals surface area (Å²) >= 11 is 0. The number of aliphatic carboxylic acids is 1. The molecule has 0 aliphatic heterocycles. The summed E-state index contributed by atoms with van der Waals surface area (Å²) in [6.45, 7) is 1.76. The van der Waals surface area contributed by atoms with E-state index in [1.54, 1.807) is 6.92 Å². The number of aryl methyl sites for hydroxylation is 1. The third-order valence-corrected chi connectivity index (χ3v) is 2.37. The van der Waals surface area contributed by atoms with Gasteiger partial charge in [0.15, 0.2) is 0 Å². The summed E-state index contributed by atoms with van der Waals surface area (Å²) in [7, 11) is 0. The fourth-order valence-electron chi connectivity index (χ4n) is 1.38. The van der Waals surface area contributed by atoms with Gasteiger partial charge in [-0.2, -0.15) is 0 Å². The minimum absolute atomic E-state index is 0.223. The van der Waals surface area contributed by atoms with Crippen molar-refractivity contribution in [1.29, 1.82) is 0 Å². The summed E-state index contributed by atoms with van der Waals surface area (Å²) in [5, 5.41) is 8.68. The molecule has 2 nitrogen and oxygen atoms in total. The van der Waals surface area contributed by atoms with Crippen molar-refractivity contribution >= 4 is 5.97 Å². The number of hydrogen-bond acceptors (Lipinski definition) is 1. The monoisotopic (exact) mass is 192 g/mol. The third-order valence-electron chi connectivity index (χ3n) is 2.37. The summed E-state index contributed by atoms with van der Waals surface area (Å²) in [5.74, 6) is -0.920. The van der Waals surface area contributed by atoms with Gasteiger partial charge in [-0.3, -0.25) is 4.79 Å². The maximum absolute atomic E-state index is 10.5. The van der Waals surface area contributed by atoms with Gasteiger partial charge in [0, 0.05) is 0 Å². The van der Waals surface area contributed by atoms with Crippen molar-refractivity contribution in [3.8, 4) is 0 Å². The van der Waals surface area contributed by atoms with Crippen LogP contribution in [-0.2, 0) is 11.2 Å². The fourth-order valence-corrected chi connectivity index (χ4v) is 1.38. The lowest BCUT2D eigenvalue weighted by Gasteiger charge is -2.05. The maximum atomic E-state index is 10.5. The van der Waals surface area contributed by atoms with Crippen LogP contribution in [0.3, 0.4) is 0 Å². The Balaban J connectivity index is 2.26. The van der Waals surface area contributed by atoms with Gasteiger partial charge >= 0.3 is 5.97 Å². The highest BCUT2D eigenvalue weighted by atomic mass is 16.4. The van der Waals surface area contributed by atoms with Crippen molar-refractivity contribution < 1.29 is 9.90 Å². The van der Waals surface area contributed by atoms with Crippen molar-refractivity contribution in [3.05, 3.63) is 35.9 Å². The number of hydrogen-bond donors (Lipinski definition) is 1. The molecule has 0 unspecified atom stereocenters. The fraction of sp³-hybridized carbons (Fsp3) is 0.417. The van der Waals surface area contributed by atoms with Gasteiger partial charge in [-0.05, 0) is 24.8 Å². The Morgan fingerprint density at radius 2 is 2.00 bits per heavy atom. The quantitative estimate of drug-likeness (QED) is 0.778. The molecule has 1 rings (SSSR count). The first-order valence-corrected chi connectivity index (χ1v) is 4.97. The minimum atomic E-state index is -0.696. The van der Waals surface area contributed by atoms with Crippen LogP contribution in [0, 0.1) is 5.92 Å². The van der Waals surface area contributed by atoms with E-state index in [9.17, 15) is 4.79 Å². The van der Waals surface area contributed by atoms with E-state index < -0.39 is 5.97 Å². The SMILES string of the molecule is C[C@H](CCCc1ccccc1)C(=O)O. The highest BCUT2D eigenvalue weighted by Crippen LogP contribution is 2.10. The Morgan fingerprint density at radius 3 is 2.57 bits per heavy atom. The number of rotatable bonds is 5. The van der Waals surface area contributed by atoms with Crippen LogP contribution in [0.1, 0.15) is 25.3 Å². The van der Waals surface area contributed by atoms with Gasteiger partial charge in [0.1, 0.15) is 0 Å². The Kier molecular flexibility index (Phi) is 4.17. The molecule has 0 fully saturated rings. The molecule has 14 heavy (non-hydrogen) atoms. The van der Waals surface area contributed by atoms with E-state index in [0.717, 1.165) is 19.3 Å².